The van der Waals surface area contributed by atoms with Crippen LogP contribution in [-0.4, -0.2) is 30.0 Å². The summed E-state index contributed by atoms with van der Waals surface area (Å²) in [6, 6.07) is 7.07. The fourth-order valence-electron chi connectivity index (χ4n) is 2.67. The van der Waals surface area contributed by atoms with E-state index in [0.717, 1.165) is 12.1 Å². The summed E-state index contributed by atoms with van der Waals surface area (Å²) >= 11 is 0. The van der Waals surface area contributed by atoms with Gasteiger partial charge in [0.15, 0.2) is 5.82 Å². The first-order chi connectivity index (χ1) is 13.1. The van der Waals surface area contributed by atoms with Crippen molar-refractivity contribution in [3.05, 3.63) is 53.3 Å². The van der Waals surface area contributed by atoms with Crippen LogP contribution in [0.15, 0.2) is 36.4 Å². The molecule has 0 aliphatic rings. The second-order valence-corrected chi connectivity index (χ2v) is 6.23. The summed E-state index contributed by atoms with van der Waals surface area (Å²) in [5.41, 5.74) is 0.00422. The Balaban J connectivity index is 1.94. The summed E-state index contributed by atoms with van der Waals surface area (Å²) < 4.78 is 64.5. The van der Waals surface area contributed by atoms with E-state index in [-0.39, 0.29) is 22.3 Å². The lowest BCUT2D eigenvalue weighted by atomic mass is 10.1. The molecule has 0 saturated carbocycles. The van der Waals surface area contributed by atoms with Crippen LogP contribution in [0.2, 0.25) is 0 Å². The molecule has 0 saturated heterocycles. The Morgan fingerprint density at radius 3 is 2.46 bits per heavy atom. The first kappa shape index (κ1) is 19.6. The van der Waals surface area contributed by atoms with Crippen LogP contribution < -0.4 is 10.2 Å². The highest BCUT2D eigenvalue weighted by atomic mass is 19.4. The van der Waals surface area contributed by atoms with Gasteiger partial charge in [0.05, 0.1) is 28.0 Å². The van der Waals surface area contributed by atoms with Gasteiger partial charge in [0, 0.05) is 19.7 Å². The highest BCUT2D eigenvalue weighted by Crippen LogP contribution is 2.35. The Kier molecular flexibility index (Phi) is 4.97. The normalized spacial score (nSPS) is 11.9. The van der Waals surface area contributed by atoms with Gasteiger partial charge in [-0.3, -0.25) is 4.79 Å². The van der Waals surface area contributed by atoms with Crippen LogP contribution in [0, 0.1) is 0 Å². The molecule has 2 aromatic carbocycles. The number of anilines is 2. The van der Waals surface area contributed by atoms with Gasteiger partial charge in [0.1, 0.15) is 0 Å². The van der Waals surface area contributed by atoms with Crippen LogP contribution in [0.3, 0.4) is 0 Å². The first-order valence-corrected chi connectivity index (χ1v) is 8.04. The highest BCUT2D eigenvalue weighted by molar-refractivity contribution is 6.07. The summed E-state index contributed by atoms with van der Waals surface area (Å²) in [4.78, 5) is 20.2. The van der Waals surface area contributed by atoms with Gasteiger partial charge in [-0.25, -0.2) is 13.8 Å². The zero-order chi connectivity index (χ0) is 20.6. The molecule has 0 fully saturated rings. The Morgan fingerprint density at radius 2 is 1.86 bits per heavy atom. The number of fused-ring (bicyclic) bond motifs is 1. The van der Waals surface area contributed by atoms with Crippen molar-refractivity contribution in [2.24, 2.45) is 0 Å². The zero-order valence-electron chi connectivity index (χ0n) is 14.7. The Morgan fingerprint density at radius 1 is 1.14 bits per heavy atom. The van der Waals surface area contributed by atoms with Crippen molar-refractivity contribution >= 4 is 28.3 Å². The lowest BCUT2D eigenvalue weighted by molar-refractivity contribution is -0.137. The average molecular weight is 398 g/mol. The molecule has 1 amide bonds. The molecule has 28 heavy (non-hydrogen) atoms. The minimum atomic E-state index is -4.56. The molecule has 0 spiro atoms. The molecule has 0 unspecified atom stereocenters. The topological polar surface area (TPSA) is 61.0 Å². The van der Waals surface area contributed by atoms with Crippen molar-refractivity contribution in [3.8, 4) is 0 Å². The number of nitrogens with zero attached hydrogens (tertiary/aromatic N) is 2. The second-order valence-electron chi connectivity index (χ2n) is 6.23. The van der Waals surface area contributed by atoms with Gasteiger partial charge >= 0.3 is 6.18 Å². The third-order valence-electron chi connectivity index (χ3n) is 4.02. The number of hydrogen-bond donors (Lipinski definition) is 2. The maximum absolute atomic E-state index is 13.0. The summed E-state index contributed by atoms with van der Waals surface area (Å²) in [5, 5.41) is 2.45. The number of aromatic amines is 1. The molecule has 3 aromatic rings. The van der Waals surface area contributed by atoms with E-state index in [0.29, 0.717) is 5.69 Å². The quantitative estimate of drug-likeness (QED) is 0.619. The molecule has 148 valence electrons. The summed E-state index contributed by atoms with van der Waals surface area (Å²) in [6.07, 6.45) is -7.36. The second kappa shape index (κ2) is 7.10. The van der Waals surface area contributed by atoms with Crippen LogP contribution in [0.4, 0.5) is 33.3 Å². The van der Waals surface area contributed by atoms with E-state index >= 15 is 0 Å². The number of nitrogens with one attached hydrogen (secondary N) is 2. The van der Waals surface area contributed by atoms with Gasteiger partial charge in [0.25, 0.3) is 12.3 Å². The van der Waals surface area contributed by atoms with Crippen LogP contribution in [0.5, 0.6) is 0 Å². The molecule has 2 N–H and O–H groups in total. The minimum absolute atomic E-state index is 0.0252. The molecule has 10 heteroatoms. The van der Waals surface area contributed by atoms with E-state index in [4.69, 9.17) is 0 Å². The number of H-pyrrole nitrogens is 1. The number of carbonyl (C=O) groups excluding carboxylic acids is 1. The minimum Gasteiger partial charge on any atom is -0.376 e. The largest absolute Gasteiger partial charge is 0.416 e. The van der Waals surface area contributed by atoms with Gasteiger partial charge in [-0.15, -0.1) is 0 Å². The highest BCUT2D eigenvalue weighted by Gasteiger charge is 2.31. The standard InChI is InChI=1S/C18H15F5N4O/c1-27(2)14-6-4-10(18(21,22)23)8-13(14)26-17(28)9-3-5-11-12(7-9)25-16(24-11)15(19)20/h3-8,15H,1-2H3,(H,24,25)(H,26,28). The molecule has 1 heterocycles. The predicted molar refractivity (Wildman–Crippen MR) is 94.8 cm³/mol. The van der Waals surface area contributed by atoms with Gasteiger partial charge in [-0.1, -0.05) is 0 Å². The number of hydrogen-bond acceptors (Lipinski definition) is 3. The van der Waals surface area contributed by atoms with E-state index < -0.39 is 29.9 Å². The van der Waals surface area contributed by atoms with Crippen molar-refractivity contribution < 1.29 is 26.7 Å². The van der Waals surface area contributed by atoms with Crippen LogP contribution in [0.1, 0.15) is 28.2 Å². The molecule has 3 rings (SSSR count). The van der Waals surface area contributed by atoms with Gasteiger partial charge < -0.3 is 15.2 Å². The number of carbonyl (C=O) groups is 1. The third-order valence-corrected chi connectivity index (χ3v) is 4.02. The average Bonchev–Trinajstić information content (AvgIpc) is 3.04. The number of benzene rings is 2. The van der Waals surface area contributed by atoms with Crippen LogP contribution in [-0.2, 0) is 6.18 Å². The monoisotopic (exact) mass is 398 g/mol. The number of halogens is 5. The summed E-state index contributed by atoms with van der Waals surface area (Å²) in [7, 11) is 3.25. The SMILES string of the molecule is CN(C)c1ccc(C(F)(F)F)cc1NC(=O)c1ccc2nc(C(F)F)[nH]c2c1. The Labute approximate surface area is 156 Å². The lowest BCUT2D eigenvalue weighted by Gasteiger charge is -2.20. The fraction of sp³-hybridized carbons (Fsp3) is 0.222. The van der Waals surface area contributed by atoms with Gasteiger partial charge in [-0.2, -0.15) is 13.2 Å². The van der Waals surface area contributed by atoms with Crippen molar-refractivity contribution in [3.63, 3.8) is 0 Å². The molecule has 0 atom stereocenters. The van der Waals surface area contributed by atoms with E-state index in [1.807, 2.05) is 0 Å². The van der Waals surface area contributed by atoms with Crippen LogP contribution >= 0.6 is 0 Å². The van der Waals surface area contributed by atoms with E-state index in [1.165, 1.54) is 24.3 Å². The predicted octanol–water partition coefficient (Wildman–Crippen LogP) is 4.84. The van der Waals surface area contributed by atoms with Crippen molar-refractivity contribution in [1.29, 1.82) is 0 Å². The third kappa shape index (κ3) is 3.90. The molecule has 0 aliphatic heterocycles. The van der Waals surface area contributed by atoms with Crippen molar-refractivity contribution in [2.45, 2.75) is 12.6 Å². The van der Waals surface area contributed by atoms with Crippen molar-refractivity contribution in [1.82, 2.24) is 9.97 Å². The van der Waals surface area contributed by atoms with Crippen LogP contribution in [0.25, 0.3) is 11.0 Å². The first-order valence-electron chi connectivity index (χ1n) is 8.04. The molecular formula is C18H15F5N4O. The van der Waals surface area contributed by atoms with E-state index in [9.17, 15) is 26.7 Å². The number of amides is 1. The molecular weight excluding hydrogens is 383 g/mol. The van der Waals surface area contributed by atoms with Gasteiger partial charge in [0.2, 0.25) is 0 Å². The van der Waals surface area contributed by atoms with E-state index in [1.54, 1.807) is 19.0 Å². The molecule has 5 nitrogen and oxygen atoms in total. The maximum atomic E-state index is 13.0. The summed E-state index contributed by atoms with van der Waals surface area (Å²) in [6.45, 7) is 0. The fourth-order valence-corrected chi connectivity index (χ4v) is 2.67. The summed E-state index contributed by atoms with van der Waals surface area (Å²) in [5.74, 6) is -1.21. The molecule has 0 radical (unpaired) electrons. The smallest absolute Gasteiger partial charge is 0.376 e. The molecule has 1 aromatic heterocycles. The number of rotatable bonds is 4. The number of aromatic nitrogens is 2. The molecule has 0 bridgehead atoms. The zero-order valence-corrected chi connectivity index (χ0v) is 14.7. The Bertz CT molecular complexity index is 1030. The number of imidazole rings is 1. The lowest BCUT2D eigenvalue weighted by Crippen LogP contribution is -2.18. The number of alkyl halides is 5. The van der Waals surface area contributed by atoms with Crippen molar-refractivity contribution in [2.75, 3.05) is 24.3 Å². The van der Waals surface area contributed by atoms with E-state index in [2.05, 4.69) is 15.3 Å². The van der Waals surface area contributed by atoms with Gasteiger partial charge in [-0.05, 0) is 36.4 Å². The molecule has 0 aliphatic carbocycles. The Hall–Kier alpha value is -3.17. The maximum Gasteiger partial charge on any atom is 0.416 e.